The van der Waals surface area contributed by atoms with Crippen LogP contribution in [0.15, 0.2) is 12.4 Å². The lowest BCUT2D eigenvalue weighted by atomic mass is 10.4. The quantitative estimate of drug-likeness (QED) is 0.844. The summed E-state index contributed by atoms with van der Waals surface area (Å²) in [4.78, 5) is 10.6. The van der Waals surface area contributed by atoms with Crippen LogP contribution in [-0.2, 0) is 0 Å². The minimum Gasteiger partial charge on any atom is -0.481 e. The highest BCUT2D eigenvalue weighted by Gasteiger charge is 2.09. The van der Waals surface area contributed by atoms with Crippen molar-refractivity contribution in [2.24, 2.45) is 0 Å². The maximum atomic E-state index is 5.05. The van der Waals surface area contributed by atoms with Gasteiger partial charge in [-0.15, -0.1) is 0 Å². The molecule has 0 unspecified atom stereocenters. The van der Waals surface area contributed by atoms with Gasteiger partial charge >= 0.3 is 0 Å². The molecule has 2 heterocycles. The number of nitrogens with one attached hydrogen (secondary N) is 1. The van der Waals surface area contributed by atoms with E-state index in [1.807, 2.05) is 17.8 Å². The number of thioether (sulfide) groups is 1. The molecule has 1 aromatic heterocycles. The summed E-state index contributed by atoms with van der Waals surface area (Å²) in [5, 5.41) is 3.29. The maximum absolute atomic E-state index is 5.05. The summed E-state index contributed by atoms with van der Waals surface area (Å²) in [7, 11) is 1.61. The Morgan fingerprint density at radius 2 is 2.24 bits per heavy atom. The molecule has 2 rings (SSSR count). The van der Waals surface area contributed by atoms with E-state index in [0.717, 1.165) is 18.9 Å². The molecule has 6 heteroatoms. The fourth-order valence-electron chi connectivity index (χ4n) is 1.71. The summed E-state index contributed by atoms with van der Waals surface area (Å²) < 4.78 is 5.05. The largest absolute Gasteiger partial charge is 0.481 e. The zero-order valence-electron chi connectivity index (χ0n) is 10.1. The molecule has 17 heavy (non-hydrogen) atoms. The van der Waals surface area contributed by atoms with E-state index in [2.05, 4.69) is 20.2 Å². The van der Waals surface area contributed by atoms with Crippen LogP contribution in [-0.4, -0.2) is 59.7 Å². The highest BCUT2D eigenvalue weighted by molar-refractivity contribution is 7.99. The summed E-state index contributed by atoms with van der Waals surface area (Å²) in [6.45, 7) is 4.36. The van der Waals surface area contributed by atoms with E-state index < -0.39 is 0 Å². The molecule has 0 aliphatic carbocycles. The summed E-state index contributed by atoms with van der Waals surface area (Å²) in [5.41, 5.74) is 0. The molecular formula is C11H18N4OS. The zero-order valence-corrected chi connectivity index (χ0v) is 10.9. The summed E-state index contributed by atoms with van der Waals surface area (Å²) >= 11 is 2.03. The van der Waals surface area contributed by atoms with E-state index in [-0.39, 0.29) is 0 Å². The Kier molecular flexibility index (Phi) is 4.88. The molecule has 0 bridgehead atoms. The summed E-state index contributed by atoms with van der Waals surface area (Å²) in [6, 6.07) is 1.81. The summed E-state index contributed by atoms with van der Waals surface area (Å²) in [5.74, 6) is 3.92. The second kappa shape index (κ2) is 6.66. The average Bonchev–Trinajstić information content (AvgIpc) is 2.40. The van der Waals surface area contributed by atoms with Crippen molar-refractivity contribution in [2.45, 2.75) is 0 Å². The van der Waals surface area contributed by atoms with Crippen molar-refractivity contribution < 1.29 is 4.74 Å². The van der Waals surface area contributed by atoms with Crippen LogP contribution in [0.4, 0.5) is 5.82 Å². The Morgan fingerprint density at radius 3 is 3.00 bits per heavy atom. The number of methoxy groups -OCH3 is 1. The second-order valence-electron chi connectivity index (χ2n) is 3.83. The minimum absolute atomic E-state index is 0.594. The van der Waals surface area contributed by atoms with Gasteiger partial charge in [0.25, 0.3) is 0 Å². The van der Waals surface area contributed by atoms with E-state index in [4.69, 9.17) is 4.74 Å². The Bertz CT molecular complexity index is 344. The molecular weight excluding hydrogens is 236 g/mol. The van der Waals surface area contributed by atoms with Crippen molar-refractivity contribution in [2.75, 3.05) is 50.1 Å². The normalized spacial score (nSPS) is 16.8. The van der Waals surface area contributed by atoms with Gasteiger partial charge in [-0.25, -0.2) is 9.97 Å². The third kappa shape index (κ3) is 4.05. The van der Waals surface area contributed by atoms with Crippen LogP contribution in [0.25, 0.3) is 0 Å². The monoisotopic (exact) mass is 254 g/mol. The van der Waals surface area contributed by atoms with E-state index in [1.165, 1.54) is 30.9 Å². The predicted molar refractivity (Wildman–Crippen MR) is 70.8 cm³/mol. The smallest absolute Gasteiger partial charge is 0.218 e. The van der Waals surface area contributed by atoms with Gasteiger partial charge in [-0.1, -0.05) is 0 Å². The maximum Gasteiger partial charge on any atom is 0.218 e. The highest BCUT2D eigenvalue weighted by Crippen LogP contribution is 2.11. The number of ether oxygens (including phenoxy) is 1. The topological polar surface area (TPSA) is 50.3 Å². The number of hydrogen-bond acceptors (Lipinski definition) is 6. The van der Waals surface area contributed by atoms with Crippen molar-refractivity contribution >= 4 is 17.6 Å². The van der Waals surface area contributed by atoms with Gasteiger partial charge < -0.3 is 10.1 Å². The number of anilines is 1. The summed E-state index contributed by atoms with van der Waals surface area (Å²) in [6.07, 6.45) is 1.51. The SMILES string of the molecule is COc1cc(NCCN2CCSCC2)ncn1. The number of nitrogens with zero attached hydrogens (tertiary/aromatic N) is 3. The van der Waals surface area contributed by atoms with E-state index in [1.54, 1.807) is 7.11 Å². The van der Waals surface area contributed by atoms with E-state index in [9.17, 15) is 0 Å². The minimum atomic E-state index is 0.594. The fourth-order valence-corrected chi connectivity index (χ4v) is 2.69. The lowest BCUT2D eigenvalue weighted by molar-refractivity contribution is 0.314. The molecule has 1 aromatic rings. The molecule has 0 spiro atoms. The predicted octanol–water partition coefficient (Wildman–Crippen LogP) is 0.946. The lowest BCUT2D eigenvalue weighted by Gasteiger charge is -2.26. The molecule has 1 aliphatic rings. The van der Waals surface area contributed by atoms with Crippen molar-refractivity contribution in [3.8, 4) is 5.88 Å². The van der Waals surface area contributed by atoms with E-state index in [0.29, 0.717) is 5.88 Å². The van der Waals surface area contributed by atoms with Crippen molar-refractivity contribution in [3.05, 3.63) is 12.4 Å². The third-order valence-electron chi connectivity index (χ3n) is 2.69. The van der Waals surface area contributed by atoms with Crippen LogP contribution in [0.2, 0.25) is 0 Å². The highest BCUT2D eigenvalue weighted by atomic mass is 32.2. The number of rotatable bonds is 5. The van der Waals surface area contributed by atoms with Crippen LogP contribution in [0.1, 0.15) is 0 Å². The number of hydrogen-bond donors (Lipinski definition) is 1. The third-order valence-corrected chi connectivity index (χ3v) is 3.63. The average molecular weight is 254 g/mol. The Hall–Kier alpha value is -1.01. The second-order valence-corrected chi connectivity index (χ2v) is 5.05. The van der Waals surface area contributed by atoms with Crippen LogP contribution in [0, 0.1) is 0 Å². The van der Waals surface area contributed by atoms with Crippen LogP contribution < -0.4 is 10.1 Å². The van der Waals surface area contributed by atoms with Gasteiger partial charge in [0, 0.05) is 43.8 Å². The first-order valence-electron chi connectivity index (χ1n) is 5.78. The molecule has 5 nitrogen and oxygen atoms in total. The zero-order chi connectivity index (χ0) is 11.9. The number of aromatic nitrogens is 2. The van der Waals surface area contributed by atoms with Gasteiger partial charge in [0.15, 0.2) is 0 Å². The molecule has 1 N–H and O–H groups in total. The van der Waals surface area contributed by atoms with Crippen LogP contribution in [0.5, 0.6) is 5.88 Å². The molecule has 94 valence electrons. The lowest BCUT2D eigenvalue weighted by Crippen LogP contribution is -2.36. The van der Waals surface area contributed by atoms with Crippen LogP contribution >= 0.6 is 11.8 Å². The van der Waals surface area contributed by atoms with Crippen molar-refractivity contribution in [1.82, 2.24) is 14.9 Å². The Morgan fingerprint density at radius 1 is 1.41 bits per heavy atom. The van der Waals surface area contributed by atoms with E-state index >= 15 is 0 Å². The molecule has 0 amide bonds. The van der Waals surface area contributed by atoms with Gasteiger partial charge in [0.05, 0.1) is 7.11 Å². The van der Waals surface area contributed by atoms with Gasteiger partial charge in [-0.05, 0) is 0 Å². The van der Waals surface area contributed by atoms with Gasteiger partial charge in [-0.3, -0.25) is 4.90 Å². The van der Waals surface area contributed by atoms with Gasteiger partial charge in [0.2, 0.25) is 5.88 Å². The van der Waals surface area contributed by atoms with Crippen molar-refractivity contribution in [1.29, 1.82) is 0 Å². The molecule has 1 saturated heterocycles. The Balaban J connectivity index is 1.73. The fraction of sp³-hybridized carbons (Fsp3) is 0.636. The molecule has 0 aromatic carbocycles. The molecule has 0 atom stereocenters. The van der Waals surface area contributed by atoms with Gasteiger partial charge in [-0.2, -0.15) is 11.8 Å². The Labute approximate surface area is 106 Å². The molecule has 1 aliphatic heterocycles. The first-order chi connectivity index (χ1) is 8.38. The molecule has 0 saturated carbocycles. The first-order valence-corrected chi connectivity index (χ1v) is 6.94. The van der Waals surface area contributed by atoms with Gasteiger partial charge in [0.1, 0.15) is 12.1 Å². The first kappa shape index (κ1) is 12.4. The van der Waals surface area contributed by atoms with Crippen LogP contribution in [0.3, 0.4) is 0 Å². The standard InChI is InChI=1S/C11H18N4OS/c1-16-11-8-10(13-9-14-11)12-2-3-15-4-6-17-7-5-15/h8-9H,2-7H2,1H3,(H,12,13,14). The molecule has 1 fully saturated rings. The molecule has 0 radical (unpaired) electrons. The van der Waals surface area contributed by atoms with Crippen molar-refractivity contribution in [3.63, 3.8) is 0 Å².